The Balaban J connectivity index is 1.65. The third-order valence-corrected chi connectivity index (χ3v) is 6.11. The molecule has 0 unspecified atom stereocenters. The van der Waals surface area contributed by atoms with Crippen molar-refractivity contribution in [2.75, 3.05) is 4.90 Å². The number of halogens is 3. The number of thiocarbonyl (C=S) groups is 1. The second kappa shape index (κ2) is 9.31. The van der Waals surface area contributed by atoms with Crippen LogP contribution < -0.4 is 15.0 Å². The fraction of sp³-hybridized carbons (Fsp3) is 0. The average Bonchev–Trinajstić information content (AvgIpc) is 2.77. The summed E-state index contributed by atoms with van der Waals surface area (Å²) in [5.74, 6) is -0.783. The molecule has 2 amide bonds. The van der Waals surface area contributed by atoms with Gasteiger partial charge in [-0.05, 0) is 77.3 Å². The summed E-state index contributed by atoms with van der Waals surface area (Å²) in [6.07, 6.45) is 2.18. The molecule has 2 heterocycles. The van der Waals surface area contributed by atoms with E-state index in [-0.39, 0.29) is 25.0 Å². The number of hydrogen-bond donors (Lipinski definition) is 1. The Hall–Kier alpha value is -2.89. The highest BCUT2D eigenvalue weighted by molar-refractivity contribution is 14.1. The van der Waals surface area contributed by atoms with Gasteiger partial charge in [0.1, 0.15) is 22.2 Å². The molecule has 4 rings (SSSR count). The number of hydrogen-bond acceptors (Lipinski definition) is 5. The molecule has 1 N–H and O–H groups in total. The second-order valence-electron chi connectivity index (χ2n) is 6.49. The molecule has 0 saturated carbocycles. The number of nitrogens with one attached hydrogen (secondary N) is 1. The summed E-state index contributed by atoms with van der Waals surface area (Å²) < 4.78 is 19.8. The number of anilines is 1. The molecule has 6 nitrogen and oxygen atoms in total. The molecule has 10 heteroatoms. The van der Waals surface area contributed by atoms with Gasteiger partial charge in [0, 0.05) is 5.56 Å². The van der Waals surface area contributed by atoms with E-state index in [1.54, 1.807) is 46.9 Å². The molecular weight excluding hydrogens is 568 g/mol. The molecule has 160 valence electrons. The molecule has 2 aromatic carbocycles. The van der Waals surface area contributed by atoms with Gasteiger partial charge in [-0.1, -0.05) is 29.8 Å². The van der Waals surface area contributed by atoms with Gasteiger partial charge < -0.3 is 4.74 Å². The first kappa shape index (κ1) is 22.3. The van der Waals surface area contributed by atoms with Crippen molar-refractivity contribution in [1.82, 2.24) is 10.3 Å². The van der Waals surface area contributed by atoms with Crippen LogP contribution in [0.3, 0.4) is 0 Å². The van der Waals surface area contributed by atoms with Crippen LogP contribution in [-0.4, -0.2) is 21.9 Å². The van der Waals surface area contributed by atoms with E-state index in [0.29, 0.717) is 17.2 Å². The molecule has 0 atom stereocenters. The molecule has 0 radical (unpaired) electrons. The summed E-state index contributed by atoms with van der Waals surface area (Å²) in [4.78, 5) is 30.5. The van der Waals surface area contributed by atoms with Gasteiger partial charge in [-0.3, -0.25) is 19.8 Å². The number of carbonyl (C=O) groups is 2. The van der Waals surface area contributed by atoms with Crippen LogP contribution in [0.4, 0.5) is 10.1 Å². The summed E-state index contributed by atoms with van der Waals surface area (Å²) >= 11 is 13.0. The number of rotatable bonds is 4. The SMILES string of the molecule is O=C1NC(=S)N(c2ccc(Oc3ccccc3)cc2)C(=O)C1=Cc1c(Cl)ncc(F)c1I. The number of ether oxygens (including phenoxy) is 1. The number of para-hydroxylation sites is 1. The summed E-state index contributed by atoms with van der Waals surface area (Å²) in [6.45, 7) is 0. The van der Waals surface area contributed by atoms with E-state index in [9.17, 15) is 14.0 Å². The maximum Gasteiger partial charge on any atom is 0.270 e. The largest absolute Gasteiger partial charge is 0.457 e. The molecule has 1 aliphatic rings. The number of nitrogens with zero attached hydrogens (tertiary/aromatic N) is 2. The van der Waals surface area contributed by atoms with E-state index in [2.05, 4.69) is 10.3 Å². The van der Waals surface area contributed by atoms with E-state index in [0.717, 1.165) is 6.20 Å². The number of benzene rings is 2. The van der Waals surface area contributed by atoms with Crippen LogP contribution in [0.2, 0.25) is 5.15 Å². The highest BCUT2D eigenvalue weighted by Crippen LogP contribution is 2.29. The van der Waals surface area contributed by atoms with Crippen molar-refractivity contribution in [2.45, 2.75) is 0 Å². The molecule has 1 aliphatic heterocycles. The van der Waals surface area contributed by atoms with E-state index in [1.165, 1.54) is 11.0 Å². The summed E-state index contributed by atoms with van der Waals surface area (Å²) in [5.41, 5.74) is 0.296. The van der Waals surface area contributed by atoms with Gasteiger partial charge in [-0.25, -0.2) is 9.37 Å². The average molecular weight is 580 g/mol. The fourth-order valence-corrected chi connectivity index (χ4v) is 4.09. The third kappa shape index (κ3) is 4.50. The van der Waals surface area contributed by atoms with Crippen molar-refractivity contribution in [3.8, 4) is 11.5 Å². The van der Waals surface area contributed by atoms with Gasteiger partial charge in [0.25, 0.3) is 11.8 Å². The molecule has 3 aromatic rings. The zero-order chi connectivity index (χ0) is 22.8. The highest BCUT2D eigenvalue weighted by atomic mass is 127. The molecule has 1 saturated heterocycles. The summed E-state index contributed by atoms with van der Waals surface area (Å²) in [7, 11) is 0. The van der Waals surface area contributed by atoms with Crippen LogP contribution in [0.25, 0.3) is 6.08 Å². The third-order valence-electron chi connectivity index (χ3n) is 4.42. The minimum absolute atomic E-state index is 0.0361. The molecule has 1 fully saturated rings. The lowest BCUT2D eigenvalue weighted by molar-refractivity contribution is -0.122. The maximum absolute atomic E-state index is 13.9. The first-order chi connectivity index (χ1) is 15.3. The van der Waals surface area contributed by atoms with Crippen molar-refractivity contribution < 1.29 is 18.7 Å². The van der Waals surface area contributed by atoms with Crippen LogP contribution >= 0.6 is 46.4 Å². The monoisotopic (exact) mass is 579 g/mol. The molecule has 32 heavy (non-hydrogen) atoms. The maximum atomic E-state index is 13.9. The Morgan fingerprint density at radius 3 is 2.44 bits per heavy atom. The van der Waals surface area contributed by atoms with Crippen LogP contribution in [0, 0.1) is 9.39 Å². The lowest BCUT2D eigenvalue weighted by Gasteiger charge is -2.29. The highest BCUT2D eigenvalue weighted by Gasteiger charge is 2.35. The van der Waals surface area contributed by atoms with Gasteiger partial charge in [0.2, 0.25) is 0 Å². The van der Waals surface area contributed by atoms with Gasteiger partial charge in [-0.15, -0.1) is 0 Å². The summed E-state index contributed by atoms with van der Waals surface area (Å²) in [6, 6.07) is 15.8. The second-order valence-corrected chi connectivity index (χ2v) is 8.31. The molecule has 0 bridgehead atoms. The minimum atomic E-state index is -0.712. The zero-order valence-corrected chi connectivity index (χ0v) is 19.7. The van der Waals surface area contributed by atoms with E-state index >= 15 is 0 Å². The van der Waals surface area contributed by atoms with E-state index < -0.39 is 17.6 Å². The predicted octanol–water partition coefficient (Wildman–Crippen LogP) is 5.10. The first-order valence-corrected chi connectivity index (χ1v) is 11.0. The molecular formula is C22H12ClFIN3O3S. The number of aromatic nitrogens is 1. The lowest BCUT2D eigenvalue weighted by Crippen LogP contribution is -2.54. The van der Waals surface area contributed by atoms with Crippen LogP contribution in [-0.2, 0) is 9.59 Å². The van der Waals surface area contributed by atoms with Gasteiger partial charge in [0.05, 0.1) is 15.5 Å². The summed E-state index contributed by atoms with van der Waals surface area (Å²) in [5, 5.41) is 2.36. The zero-order valence-electron chi connectivity index (χ0n) is 16.0. The molecule has 0 aliphatic carbocycles. The quantitative estimate of drug-likeness (QED) is 0.153. The number of amides is 2. The van der Waals surface area contributed by atoms with Gasteiger partial charge in [0.15, 0.2) is 10.9 Å². The first-order valence-electron chi connectivity index (χ1n) is 9.09. The van der Waals surface area contributed by atoms with Gasteiger partial charge in [-0.2, -0.15) is 0 Å². The van der Waals surface area contributed by atoms with E-state index in [1.807, 2.05) is 30.3 Å². The van der Waals surface area contributed by atoms with Crippen molar-refractivity contribution in [3.63, 3.8) is 0 Å². The van der Waals surface area contributed by atoms with Crippen LogP contribution in [0.5, 0.6) is 11.5 Å². The molecule has 1 aromatic heterocycles. The van der Waals surface area contributed by atoms with E-state index in [4.69, 9.17) is 28.6 Å². The normalized spacial score (nSPS) is 15.2. The Morgan fingerprint density at radius 1 is 1.09 bits per heavy atom. The van der Waals surface area contributed by atoms with Crippen molar-refractivity contribution in [1.29, 1.82) is 0 Å². The Kier molecular flexibility index (Phi) is 6.49. The smallest absolute Gasteiger partial charge is 0.270 e. The Labute approximate surface area is 206 Å². The van der Waals surface area contributed by atoms with Crippen LogP contribution in [0.1, 0.15) is 5.56 Å². The minimum Gasteiger partial charge on any atom is -0.457 e. The predicted molar refractivity (Wildman–Crippen MR) is 131 cm³/mol. The number of carbonyl (C=O) groups excluding carboxylic acids is 2. The topological polar surface area (TPSA) is 71.5 Å². The Morgan fingerprint density at radius 2 is 1.75 bits per heavy atom. The molecule has 0 spiro atoms. The lowest BCUT2D eigenvalue weighted by atomic mass is 10.1. The number of pyridine rings is 1. The van der Waals surface area contributed by atoms with Crippen LogP contribution in [0.15, 0.2) is 66.4 Å². The van der Waals surface area contributed by atoms with Crippen molar-refractivity contribution in [3.05, 3.63) is 86.5 Å². The Bertz CT molecular complexity index is 1270. The van der Waals surface area contributed by atoms with Gasteiger partial charge >= 0.3 is 0 Å². The van der Waals surface area contributed by atoms with Crippen molar-refractivity contribution in [2.24, 2.45) is 0 Å². The fourth-order valence-electron chi connectivity index (χ4n) is 2.91. The van der Waals surface area contributed by atoms with Crippen molar-refractivity contribution >= 4 is 75.1 Å². The standard InChI is InChI=1S/C22H12ClFIN3O3S/c23-19-15(18(25)17(24)11-26-19)10-16-20(29)27-22(32)28(21(16)30)12-6-8-14(9-7-12)31-13-4-2-1-3-5-13/h1-11H,(H,27,29,32).